The number of hydrogen-bond donors (Lipinski definition) is 1. The van der Waals surface area contributed by atoms with E-state index < -0.39 is 0 Å². The van der Waals surface area contributed by atoms with Crippen molar-refractivity contribution in [3.63, 3.8) is 0 Å². The average molecular weight is 232 g/mol. The molecule has 0 fully saturated rings. The number of benzene rings is 1. The zero-order chi connectivity index (χ0) is 13.1. The van der Waals surface area contributed by atoms with Crippen LogP contribution in [0, 0.1) is 0 Å². The molecule has 0 spiro atoms. The molecule has 0 unspecified atom stereocenters. The summed E-state index contributed by atoms with van der Waals surface area (Å²) in [4.78, 5) is 2.33. The first-order valence-corrected chi connectivity index (χ1v) is 6.11. The van der Waals surface area contributed by atoms with Crippen LogP contribution in [0.25, 0.3) is 0 Å². The third-order valence-electron chi connectivity index (χ3n) is 2.84. The Morgan fingerprint density at radius 1 is 1.35 bits per heavy atom. The lowest BCUT2D eigenvalue weighted by molar-refractivity contribution is 0.519. The molecule has 1 rings (SSSR count). The topological polar surface area (TPSA) is 29.3 Å². The van der Waals surface area contributed by atoms with Crippen LogP contribution in [0.15, 0.2) is 36.9 Å². The molecular weight excluding hydrogens is 208 g/mol. The molecule has 0 aliphatic carbocycles. The summed E-state index contributed by atoms with van der Waals surface area (Å²) in [5.41, 5.74) is 8.48. The van der Waals surface area contributed by atoms with Crippen molar-refractivity contribution in [2.24, 2.45) is 5.73 Å². The molecule has 0 radical (unpaired) electrons. The third-order valence-corrected chi connectivity index (χ3v) is 2.84. The highest BCUT2D eigenvalue weighted by Crippen LogP contribution is 2.30. The maximum absolute atomic E-state index is 6.04. The van der Waals surface area contributed by atoms with Gasteiger partial charge in [-0.1, -0.05) is 24.3 Å². The van der Waals surface area contributed by atoms with Crippen LogP contribution in [0.2, 0.25) is 0 Å². The highest BCUT2D eigenvalue weighted by molar-refractivity contribution is 5.57. The summed E-state index contributed by atoms with van der Waals surface area (Å²) in [6.45, 7) is 13.3. The van der Waals surface area contributed by atoms with Crippen molar-refractivity contribution >= 4 is 5.69 Å². The molecule has 1 atom stereocenters. The van der Waals surface area contributed by atoms with Gasteiger partial charge in [0, 0.05) is 23.8 Å². The summed E-state index contributed by atoms with van der Waals surface area (Å²) >= 11 is 0. The molecule has 1 aromatic rings. The molecule has 94 valence electrons. The van der Waals surface area contributed by atoms with Crippen molar-refractivity contribution < 1.29 is 0 Å². The lowest BCUT2D eigenvalue weighted by Gasteiger charge is -2.38. The predicted octanol–water partition coefficient (Wildman–Crippen LogP) is 3.50. The standard InChI is InChI=1S/C15H24N2/c1-6-11-17(15(3,4)5)14-10-8-7-9-13(14)12(2)16/h6-10,12H,1,11,16H2,2-5H3/t12-/m0/s1. The molecule has 0 amide bonds. The monoisotopic (exact) mass is 232 g/mol. The van der Waals surface area contributed by atoms with E-state index in [1.807, 2.05) is 19.1 Å². The molecule has 0 aliphatic heterocycles. The minimum absolute atomic E-state index is 0.0425. The Morgan fingerprint density at radius 3 is 2.41 bits per heavy atom. The van der Waals surface area contributed by atoms with Crippen LogP contribution in [-0.2, 0) is 0 Å². The fourth-order valence-electron chi connectivity index (χ4n) is 1.98. The molecule has 2 heteroatoms. The van der Waals surface area contributed by atoms with Gasteiger partial charge in [0.05, 0.1) is 0 Å². The van der Waals surface area contributed by atoms with Gasteiger partial charge in [0.25, 0.3) is 0 Å². The van der Waals surface area contributed by atoms with E-state index >= 15 is 0 Å². The van der Waals surface area contributed by atoms with Crippen LogP contribution in [0.4, 0.5) is 5.69 Å². The summed E-state index contributed by atoms with van der Waals surface area (Å²) in [6.07, 6.45) is 1.93. The van der Waals surface area contributed by atoms with Crippen LogP contribution < -0.4 is 10.6 Å². The molecule has 0 saturated heterocycles. The predicted molar refractivity (Wildman–Crippen MR) is 76.3 cm³/mol. The van der Waals surface area contributed by atoms with Crippen molar-refractivity contribution in [3.05, 3.63) is 42.5 Å². The number of hydrogen-bond acceptors (Lipinski definition) is 2. The van der Waals surface area contributed by atoms with Gasteiger partial charge in [-0.3, -0.25) is 0 Å². The SMILES string of the molecule is C=CCN(c1ccccc1[C@H](C)N)C(C)(C)C. The number of anilines is 1. The van der Waals surface area contributed by atoms with Crippen molar-refractivity contribution in [2.75, 3.05) is 11.4 Å². The fraction of sp³-hybridized carbons (Fsp3) is 0.467. The van der Waals surface area contributed by atoms with E-state index in [-0.39, 0.29) is 11.6 Å². The second kappa shape index (κ2) is 5.37. The quantitative estimate of drug-likeness (QED) is 0.805. The normalized spacial score (nSPS) is 13.2. The van der Waals surface area contributed by atoms with E-state index in [1.165, 1.54) is 11.3 Å². The van der Waals surface area contributed by atoms with E-state index in [0.717, 1.165) is 6.54 Å². The largest absolute Gasteiger partial charge is 0.363 e. The van der Waals surface area contributed by atoms with Gasteiger partial charge in [0.1, 0.15) is 0 Å². The molecule has 0 saturated carbocycles. The number of rotatable bonds is 4. The lowest BCUT2D eigenvalue weighted by atomic mass is 10.00. The first-order chi connectivity index (χ1) is 7.88. The Hall–Kier alpha value is -1.28. The Morgan fingerprint density at radius 2 is 1.94 bits per heavy atom. The van der Waals surface area contributed by atoms with Crippen LogP contribution in [0.5, 0.6) is 0 Å². The summed E-state index contributed by atoms with van der Waals surface area (Å²) in [6, 6.07) is 8.37. The zero-order valence-electron chi connectivity index (χ0n) is 11.4. The average Bonchev–Trinajstić information content (AvgIpc) is 2.24. The van der Waals surface area contributed by atoms with Gasteiger partial charge in [0.15, 0.2) is 0 Å². The Bertz CT molecular complexity index is 375. The maximum atomic E-state index is 6.04. The highest BCUT2D eigenvalue weighted by atomic mass is 15.2. The molecule has 2 N–H and O–H groups in total. The van der Waals surface area contributed by atoms with Gasteiger partial charge in [-0.05, 0) is 39.3 Å². The molecule has 2 nitrogen and oxygen atoms in total. The zero-order valence-corrected chi connectivity index (χ0v) is 11.4. The van der Waals surface area contributed by atoms with E-state index in [9.17, 15) is 0 Å². The second-order valence-corrected chi connectivity index (χ2v) is 5.42. The molecule has 0 bridgehead atoms. The van der Waals surface area contributed by atoms with Crippen molar-refractivity contribution in [3.8, 4) is 0 Å². The van der Waals surface area contributed by atoms with Crippen LogP contribution >= 0.6 is 0 Å². The van der Waals surface area contributed by atoms with E-state index in [2.05, 4.69) is 50.4 Å². The van der Waals surface area contributed by atoms with E-state index in [4.69, 9.17) is 5.73 Å². The Labute approximate surface area is 105 Å². The molecule has 17 heavy (non-hydrogen) atoms. The van der Waals surface area contributed by atoms with Gasteiger partial charge in [-0.15, -0.1) is 6.58 Å². The first kappa shape index (κ1) is 13.8. The van der Waals surface area contributed by atoms with E-state index in [1.54, 1.807) is 0 Å². The number of nitrogens with zero attached hydrogens (tertiary/aromatic N) is 1. The highest BCUT2D eigenvalue weighted by Gasteiger charge is 2.23. The van der Waals surface area contributed by atoms with E-state index in [0.29, 0.717) is 0 Å². The summed E-state index contributed by atoms with van der Waals surface area (Å²) in [5, 5.41) is 0. The smallest absolute Gasteiger partial charge is 0.0421 e. The number of para-hydroxylation sites is 1. The Balaban J connectivity index is 3.23. The van der Waals surface area contributed by atoms with Gasteiger partial charge in [0.2, 0.25) is 0 Å². The molecule has 0 aromatic heterocycles. The van der Waals surface area contributed by atoms with Gasteiger partial charge >= 0.3 is 0 Å². The van der Waals surface area contributed by atoms with Crippen molar-refractivity contribution in [1.82, 2.24) is 0 Å². The molecule has 0 heterocycles. The molecule has 1 aromatic carbocycles. The minimum atomic E-state index is 0.0425. The fourth-order valence-corrected chi connectivity index (χ4v) is 1.98. The van der Waals surface area contributed by atoms with Crippen molar-refractivity contribution in [2.45, 2.75) is 39.3 Å². The minimum Gasteiger partial charge on any atom is -0.363 e. The van der Waals surface area contributed by atoms with Gasteiger partial charge < -0.3 is 10.6 Å². The summed E-state index contributed by atoms with van der Waals surface area (Å²) in [7, 11) is 0. The van der Waals surface area contributed by atoms with Crippen LogP contribution in [0.3, 0.4) is 0 Å². The van der Waals surface area contributed by atoms with Crippen molar-refractivity contribution in [1.29, 1.82) is 0 Å². The summed E-state index contributed by atoms with van der Waals surface area (Å²) in [5.74, 6) is 0. The van der Waals surface area contributed by atoms with Crippen LogP contribution in [0.1, 0.15) is 39.3 Å². The van der Waals surface area contributed by atoms with Gasteiger partial charge in [-0.25, -0.2) is 0 Å². The van der Waals surface area contributed by atoms with Crippen LogP contribution in [-0.4, -0.2) is 12.1 Å². The second-order valence-electron chi connectivity index (χ2n) is 5.42. The first-order valence-electron chi connectivity index (χ1n) is 6.11. The number of nitrogens with two attached hydrogens (primary N) is 1. The lowest BCUT2D eigenvalue weighted by Crippen LogP contribution is -2.42. The maximum Gasteiger partial charge on any atom is 0.0421 e. The Kier molecular flexibility index (Phi) is 4.35. The third kappa shape index (κ3) is 3.34. The summed E-state index contributed by atoms with van der Waals surface area (Å²) < 4.78 is 0. The molecule has 0 aliphatic rings. The molecular formula is C15H24N2. The van der Waals surface area contributed by atoms with Gasteiger partial charge in [-0.2, -0.15) is 0 Å².